The van der Waals surface area contributed by atoms with Gasteiger partial charge in [-0.25, -0.2) is 4.98 Å². The summed E-state index contributed by atoms with van der Waals surface area (Å²) in [4.78, 5) is 35.6. The highest BCUT2D eigenvalue weighted by atomic mass is 32.1. The lowest BCUT2D eigenvalue weighted by Gasteiger charge is -2.28. The lowest BCUT2D eigenvalue weighted by Crippen LogP contribution is -2.38. The van der Waals surface area contributed by atoms with Crippen LogP contribution in [-0.4, -0.2) is 75.4 Å². The maximum atomic E-state index is 13.2. The molecule has 2 fully saturated rings. The Labute approximate surface area is 195 Å². The number of ether oxygens (including phenoxy) is 1. The number of Topliss-reactive ketones (excluding diaryl/α,β-unsaturated/α-hetero) is 1. The van der Waals surface area contributed by atoms with Crippen LogP contribution in [0.25, 0.3) is 11.4 Å². The van der Waals surface area contributed by atoms with Gasteiger partial charge in [0.05, 0.1) is 30.5 Å². The minimum atomic E-state index is -0.650. The highest BCUT2D eigenvalue weighted by molar-refractivity contribution is 7.10. The van der Waals surface area contributed by atoms with E-state index < -0.39 is 17.7 Å². The van der Waals surface area contributed by atoms with Crippen LogP contribution < -0.4 is 0 Å². The van der Waals surface area contributed by atoms with Crippen LogP contribution in [0.4, 0.5) is 0 Å². The highest BCUT2D eigenvalue weighted by Gasteiger charge is 2.46. The van der Waals surface area contributed by atoms with Gasteiger partial charge in [-0.2, -0.15) is 0 Å². The second-order valence-electron chi connectivity index (χ2n) is 8.29. The van der Waals surface area contributed by atoms with Crippen molar-refractivity contribution in [3.63, 3.8) is 0 Å². The molecule has 8 nitrogen and oxygen atoms in total. The molecule has 33 heavy (non-hydrogen) atoms. The van der Waals surface area contributed by atoms with Crippen molar-refractivity contribution in [3.8, 4) is 0 Å². The van der Waals surface area contributed by atoms with Crippen LogP contribution in [0.3, 0.4) is 0 Å². The lowest BCUT2D eigenvalue weighted by atomic mass is 10.0. The quantitative estimate of drug-likeness (QED) is 0.342. The van der Waals surface area contributed by atoms with E-state index in [1.165, 1.54) is 11.3 Å². The second-order valence-corrected chi connectivity index (χ2v) is 9.27. The largest absolute Gasteiger partial charge is 0.505 e. The number of aliphatic hydroxyl groups excluding tert-OH is 1. The SMILES string of the molecule is Cc1nc2ccccn2c1/C(O)=C1\C(=O)C(=O)N(CCCN2CCOCC2)C1c1cccs1. The Hall–Kier alpha value is -3.01. The zero-order valence-electron chi connectivity index (χ0n) is 18.4. The van der Waals surface area contributed by atoms with E-state index >= 15 is 0 Å². The summed E-state index contributed by atoms with van der Waals surface area (Å²) in [6.07, 6.45) is 2.53. The van der Waals surface area contributed by atoms with E-state index in [2.05, 4.69) is 9.88 Å². The molecule has 2 aliphatic rings. The van der Waals surface area contributed by atoms with Crippen molar-refractivity contribution in [2.45, 2.75) is 19.4 Å². The third-order valence-electron chi connectivity index (χ3n) is 6.26. The number of rotatable bonds is 6. The number of hydrogen-bond donors (Lipinski definition) is 1. The summed E-state index contributed by atoms with van der Waals surface area (Å²) >= 11 is 1.48. The summed E-state index contributed by atoms with van der Waals surface area (Å²) in [5.41, 5.74) is 1.84. The zero-order chi connectivity index (χ0) is 22.9. The lowest BCUT2D eigenvalue weighted by molar-refractivity contribution is -0.140. The van der Waals surface area contributed by atoms with E-state index in [9.17, 15) is 14.7 Å². The minimum Gasteiger partial charge on any atom is -0.505 e. The summed E-state index contributed by atoms with van der Waals surface area (Å²) in [5, 5.41) is 13.3. The maximum Gasteiger partial charge on any atom is 0.295 e. The number of nitrogens with zero attached hydrogens (tertiary/aromatic N) is 4. The van der Waals surface area contributed by atoms with Crippen LogP contribution in [0.2, 0.25) is 0 Å². The summed E-state index contributed by atoms with van der Waals surface area (Å²) < 4.78 is 7.15. The number of likely N-dealkylation sites (tertiary alicyclic amines) is 1. The van der Waals surface area contributed by atoms with E-state index in [1.54, 1.807) is 22.4 Å². The molecule has 0 saturated carbocycles. The molecule has 3 aromatic heterocycles. The van der Waals surface area contributed by atoms with Crippen LogP contribution >= 0.6 is 11.3 Å². The number of aryl methyl sites for hydroxylation is 1. The number of carbonyl (C=O) groups is 2. The number of pyridine rings is 1. The van der Waals surface area contributed by atoms with Gasteiger partial charge in [0.15, 0.2) is 5.76 Å². The fourth-order valence-electron chi connectivity index (χ4n) is 4.67. The number of hydrogen-bond acceptors (Lipinski definition) is 7. The van der Waals surface area contributed by atoms with Gasteiger partial charge in [0, 0.05) is 37.3 Å². The van der Waals surface area contributed by atoms with E-state index in [4.69, 9.17) is 4.74 Å². The molecule has 2 saturated heterocycles. The van der Waals surface area contributed by atoms with Crippen LogP contribution in [0.5, 0.6) is 0 Å². The molecular weight excluding hydrogens is 440 g/mol. The van der Waals surface area contributed by atoms with Gasteiger partial charge in [-0.3, -0.25) is 18.9 Å². The number of amides is 1. The molecule has 0 radical (unpaired) electrons. The Balaban J connectivity index is 1.51. The monoisotopic (exact) mass is 466 g/mol. The van der Waals surface area contributed by atoms with E-state index in [-0.39, 0.29) is 11.3 Å². The number of morpholine rings is 1. The standard InChI is InChI=1S/C24H26N4O4S/c1-16-20(27-9-3-2-7-18(27)25-16)22(29)19-21(17-6-4-15-33-17)28(24(31)23(19)30)10-5-8-26-11-13-32-14-12-26/h2-4,6-7,9,15,21,29H,5,8,10-14H2,1H3/b22-19+. The Morgan fingerprint density at radius 2 is 2.00 bits per heavy atom. The fraction of sp³-hybridized carbons (Fsp3) is 0.375. The van der Waals surface area contributed by atoms with Crippen molar-refractivity contribution < 1.29 is 19.4 Å². The average Bonchev–Trinajstić information content (AvgIpc) is 3.52. The molecule has 1 amide bonds. The fourth-order valence-corrected chi connectivity index (χ4v) is 5.51. The van der Waals surface area contributed by atoms with Crippen molar-refractivity contribution in [3.05, 3.63) is 63.7 Å². The first-order chi connectivity index (χ1) is 16.1. The first-order valence-corrected chi connectivity index (χ1v) is 12.0. The molecule has 0 bridgehead atoms. The Kier molecular flexibility index (Phi) is 6.01. The molecule has 3 aromatic rings. The van der Waals surface area contributed by atoms with E-state index in [0.717, 1.165) is 44.1 Å². The van der Waals surface area contributed by atoms with Gasteiger partial charge in [0.25, 0.3) is 11.7 Å². The molecule has 5 rings (SSSR count). The third-order valence-corrected chi connectivity index (χ3v) is 7.18. The first-order valence-electron chi connectivity index (χ1n) is 11.1. The van der Waals surface area contributed by atoms with Crippen LogP contribution in [0, 0.1) is 6.92 Å². The van der Waals surface area contributed by atoms with Crippen molar-refractivity contribution in [1.82, 2.24) is 19.2 Å². The number of fused-ring (bicyclic) bond motifs is 1. The normalized spacial score (nSPS) is 21.4. The predicted molar refractivity (Wildman–Crippen MR) is 125 cm³/mol. The van der Waals surface area contributed by atoms with Crippen LogP contribution in [0.1, 0.15) is 28.7 Å². The van der Waals surface area contributed by atoms with E-state index in [1.807, 2.05) is 35.7 Å². The maximum absolute atomic E-state index is 13.2. The molecule has 1 unspecified atom stereocenters. The zero-order valence-corrected chi connectivity index (χ0v) is 19.3. The van der Waals surface area contributed by atoms with Gasteiger partial charge < -0.3 is 14.7 Å². The number of aliphatic hydroxyl groups is 1. The summed E-state index contributed by atoms with van der Waals surface area (Å²) in [6.45, 7) is 6.25. The van der Waals surface area contributed by atoms with Crippen molar-refractivity contribution in [2.24, 2.45) is 0 Å². The number of ketones is 1. The summed E-state index contributed by atoms with van der Waals surface area (Å²) in [7, 11) is 0. The topological polar surface area (TPSA) is 87.4 Å². The molecule has 0 aromatic carbocycles. The Morgan fingerprint density at radius 1 is 1.18 bits per heavy atom. The number of carbonyl (C=O) groups excluding carboxylic acids is 2. The highest BCUT2D eigenvalue weighted by Crippen LogP contribution is 2.41. The van der Waals surface area contributed by atoms with Gasteiger partial charge in [0.1, 0.15) is 11.3 Å². The van der Waals surface area contributed by atoms with Crippen molar-refractivity contribution >= 4 is 34.4 Å². The molecule has 0 spiro atoms. The molecule has 1 N–H and O–H groups in total. The molecule has 9 heteroatoms. The molecular formula is C24H26N4O4S. The summed E-state index contributed by atoms with van der Waals surface area (Å²) in [6, 6.07) is 8.74. The molecule has 5 heterocycles. The minimum absolute atomic E-state index is 0.127. The summed E-state index contributed by atoms with van der Waals surface area (Å²) in [5.74, 6) is -1.40. The Morgan fingerprint density at radius 3 is 2.76 bits per heavy atom. The van der Waals surface area contributed by atoms with Gasteiger partial charge in [-0.1, -0.05) is 12.1 Å². The number of aromatic nitrogens is 2. The average molecular weight is 467 g/mol. The number of imidazole rings is 1. The van der Waals surface area contributed by atoms with Gasteiger partial charge in [-0.05, 0) is 36.9 Å². The second kappa shape index (κ2) is 9.09. The smallest absolute Gasteiger partial charge is 0.295 e. The molecule has 0 aliphatic carbocycles. The van der Waals surface area contributed by atoms with Crippen molar-refractivity contribution in [2.75, 3.05) is 39.4 Å². The van der Waals surface area contributed by atoms with Crippen LogP contribution in [-0.2, 0) is 14.3 Å². The van der Waals surface area contributed by atoms with Gasteiger partial charge in [-0.15, -0.1) is 11.3 Å². The Bertz CT molecular complexity index is 1210. The molecule has 2 aliphatic heterocycles. The third kappa shape index (κ3) is 3.96. The number of thiophene rings is 1. The molecule has 1 atom stereocenters. The van der Waals surface area contributed by atoms with Crippen molar-refractivity contribution in [1.29, 1.82) is 0 Å². The van der Waals surface area contributed by atoms with Crippen LogP contribution in [0.15, 0.2) is 47.5 Å². The van der Waals surface area contributed by atoms with E-state index in [0.29, 0.717) is 23.6 Å². The predicted octanol–water partition coefficient (Wildman–Crippen LogP) is 2.85. The van der Waals surface area contributed by atoms with Gasteiger partial charge >= 0.3 is 0 Å². The molecule has 172 valence electrons. The van der Waals surface area contributed by atoms with Gasteiger partial charge in [0.2, 0.25) is 0 Å². The first kappa shape index (κ1) is 21.8.